The summed E-state index contributed by atoms with van der Waals surface area (Å²) in [6, 6.07) is -5.55. The standard InChI is InChI=1S/C55H96N14O12/c1-11-31(8)43(52(78)66-39(27-29(4)5)48(74)65-40(28-34-19-21-35(70)22-20-34)49(75)64-38(54(80)81)23-24-41(57)71)67-46(72)36(17-14-15-25-56)63-51(77)44(32(9)12-2)69-53(79)45(33(10)13-3)68-47(73)37(18-16-26-61-55(59)60)62-50(76)42(58)30(6)7/h19-22,29-33,36-40,42-45,70H,11-18,23-28,56,58H2,1-10H3,(H2,57,71)(H,62,76)(H,63,77)(H,64,75)(H,65,74)(H,66,78)(H,67,72)(H,68,73)(H,69,79)(H,80,81)(H4,59,60,61)/t31-,32-,33-,36-,37-,38-,39-,40-,42-,43-,44-,45-/m0/s1. The first-order valence-corrected chi connectivity index (χ1v) is 28.2. The first kappa shape index (κ1) is 71.9. The Hall–Kier alpha value is -7.09. The summed E-state index contributed by atoms with van der Waals surface area (Å²) in [5.74, 6) is -10.4. The summed E-state index contributed by atoms with van der Waals surface area (Å²) >= 11 is 0. The highest BCUT2D eigenvalue weighted by Gasteiger charge is 2.38. The number of phenols is 1. The molecule has 81 heavy (non-hydrogen) atoms. The highest BCUT2D eigenvalue weighted by atomic mass is 16.4. The first-order valence-electron chi connectivity index (χ1n) is 28.2. The molecule has 0 saturated heterocycles. The second-order valence-corrected chi connectivity index (χ2v) is 21.8. The predicted octanol–water partition coefficient (Wildman–Crippen LogP) is -0.487. The van der Waals surface area contributed by atoms with E-state index in [2.05, 4.69) is 47.5 Å². The third-order valence-corrected chi connectivity index (χ3v) is 14.2. The minimum atomic E-state index is -1.54. The molecular weight excluding hydrogens is 1050 g/mol. The number of carboxylic acid groups (broad SMARTS) is 1. The lowest BCUT2D eigenvalue weighted by atomic mass is 9.94. The minimum absolute atomic E-state index is 0.0512. The van der Waals surface area contributed by atoms with Gasteiger partial charge in [-0.3, -0.25) is 48.1 Å². The SMILES string of the molecule is CC[C@H](C)[C@H](NC(=O)[C@H](CCCCN)NC(=O)[C@@H](NC(=O)[C@@H](NC(=O)[C@H](CCCN=C(N)N)NC(=O)[C@@H](N)C(C)C)[C@@H](C)CC)[C@@H](C)CC)C(=O)N[C@@H](CC(C)C)C(=O)N[C@@H](Cc1ccc(O)cc1)C(=O)N[C@@H](CCC(N)=O)C(=O)O. The number of guanidine groups is 1. The minimum Gasteiger partial charge on any atom is -0.508 e. The summed E-state index contributed by atoms with van der Waals surface area (Å²) in [5.41, 5.74) is 28.6. The number of aliphatic imine (C=N–C) groups is 1. The number of carbonyl (C=O) groups is 10. The summed E-state index contributed by atoms with van der Waals surface area (Å²) in [5, 5.41) is 41.4. The van der Waals surface area contributed by atoms with Gasteiger partial charge in [-0.1, -0.05) is 101 Å². The summed E-state index contributed by atoms with van der Waals surface area (Å²) in [6.45, 7) is 18.1. The van der Waals surface area contributed by atoms with Gasteiger partial charge >= 0.3 is 5.97 Å². The average molecular weight is 1150 g/mol. The topological polar surface area (TPSA) is 450 Å². The summed E-state index contributed by atoms with van der Waals surface area (Å²) in [7, 11) is 0. The van der Waals surface area contributed by atoms with Crippen LogP contribution in [0.25, 0.3) is 0 Å². The molecule has 0 bridgehead atoms. The smallest absolute Gasteiger partial charge is 0.326 e. The van der Waals surface area contributed by atoms with E-state index < -0.39 is 131 Å². The number of nitrogens with two attached hydrogens (primary N) is 5. The summed E-state index contributed by atoms with van der Waals surface area (Å²) < 4.78 is 0. The van der Waals surface area contributed by atoms with E-state index in [1.807, 2.05) is 13.8 Å². The second kappa shape index (κ2) is 37.0. The predicted molar refractivity (Wildman–Crippen MR) is 307 cm³/mol. The molecule has 26 heteroatoms. The van der Waals surface area contributed by atoms with Crippen molar-refractivity contribution in [3.8, 4) is 5.75 Å². The Labute approximate surface area is 477 Å². The number of hydrogen-bond donors (Lipinski definition) is 15. The van der Waals surface area contributed by atoms with Gasteiger partial charge in [-0.15, -0.1) is 0 Å². The third-order valence-electron chi connectivity index (χ3n) is 14.2. The fourth-order valence-corrected chi connectivity index (χ4v) is 8.35. The van der Waals surface area contributed by atoms with E-state index in [9.17, 15) is 58.2 Å². The Morgan fingerprint density at radius 2 is 0.926 bits per heavy atom. The van der Waals surface area contributed by atoms with Crippen molar-refractivity contribution in [1.29, 1.82) is 0 Å². The van der Waals surface area contributed by atoms with Crippen LogP contribution in [0.4, 0.5) is 0 Å². The Bertz CT molecular complexity index is 2250. The monoisotopic (exact) mass is 1140 g/mol. The van der Waals surface area contributed by atoms with Crippen molar-refractivity contribution in [3.63, 3.8) is 0 Å². The van der Waals surface area contributed by atoms with E-state index >= 15 is 0 Å². The molecule has 0 aliphatic heterocycles. The molecule has 0 unspecified atom stereocenters. The van der Waals surface area contributed by atoms with Crippen LogP contribution in [0.5, 0.6) is 5.75 Å². The van der Waals surface area contributed by atoms with Crippen LogP contribution in [0.3, 0.4) is 0 Å². The summed E-state index contributed by atoms with van der Waals surface area (Å²) in [4.78, 5) is 140. The number of nitrogens with one attached hydrogen (secondary N) is 8. The summed E-state index contributed by atoms with van der Waals surface area (Å²) in [6.07, 6.45) is 1.67. The Morgan fingerprint density at radius 3 is 1.36 bits per heavy atom. The maximum Gasteiger partial charge on any atom is 0.326 e. The van der Waals surface area contributed by atoms with Gasteiger partial charge in [-0.25, -0.2) is 4.79 Å². The number of amides is 9. The van der Waals surface area contributed by atoms with E-state index in [1.165, 1.54) is 24.3 Å². The Morgan fingerprint density at radius 1 is 0.519 bits per heavy atom. The molecule has 458 valence electrons. The van der Waals surface area contributed by atoms with E-state index in [0.717, 1.165) is 0 Å². The molecular formula is C55H96N14O12. The highest BCUT2D eigenvalue weighted by molar-refractivity contribution is 5.98. The van der Waals surface area contributed by atoms with Gasteiger partial charge in [0, 0.05) is 19.4 Å². The van der Waals surface area contributed by atoms with E-state index in [4.69, 9.17) is 28.7 Å². The number of nitrogens with zero attached hydrogens (tertiary/aromatic N) is 1. The van der Waals surface area contributed by atoms with Crippen molar-refractivity contribution in [1.82, 2.24) is 42.5 Å². The number of hydrogen-bond acceptors (Lipinski definition) is 14. The maximum absolute atomic E-state index is 14.5. The molecule has 1 aromatic rings. The lowest BCUT2D eigenvalue weighted by Crippen LogP contribution is -2.62. The van der Waals surface area contributed by atoms with Crippen LogP contribution < -0.4 is 71.2 Å². The number of unbranched alkanes of at least 4 members (excludes halogenated alkanes) is 1. The molecule has 1 aromatic carbocycles. The van der Waals surface area contributed by atoms with Crippen LogP contribution in [-0.2, 0) is 54.4 Å². The molecule has 0 fully saturated rings. The molecule has 0 aliphatic rings. The van der Waals surface area contributed by atoms with Crippen molar-refractivity contribution in [3.05, 3.63) is 29.8 Å². The van der Waals surface area contributed by atoms with Gasteiger partial charge in [0.25, 0.3) is 0 Å². The number of carboxylic acids is 1. The Kier molecular flexibility index (Phi) is 32.9. The highest BCUT2D eigenvalue weighted by Crippen LogP contribution is 2.18. The van der Waals surface area contributed by atoms with Crippen LogP contribution in [0.2, 0.25) is 0 Å². The van der Waals surface area contributed by atoms with Crippen molar-refractivity contribution in [2.75, 3.05) is 13.1 Å². The van der Waals surface area contributed by atoms with E-state index in [1.54, 1.807) is 55.4 Å². The van der Waals surface area contributed by atoms with Crippen LogP contribution in [-0.4, -0.2) is 143 Å². The largest absolute Gasteiger partial charge is 0.508 e. The number of aromatic hydroxyl groups is 1. The number of aliphatic carboxylic acids is 1. The van der Waals surface area contributed by atoms with E-state index in [0.29, 0.717) is 37.7 Å². The molecule has 20 N–H and O–H groups in total. The van der Waals surface area contributed by atoms with E-state index in [-0.39, 0.29) is 81.6 Å². The molecule has 0 aromatic heterocycles. The molecule has 26 nitrogen and oxygen atoms in total. The quantitative estimate of drug-likeness (QED) is 0.0225. The van der Waals surface area contributed by atoms with Gasteiger partial charge in [0.2, 0.25) is 53.2 Å². The zero-order valence-corrected chi connectivity index (χ0v) is 49.1. The molecule has 0 spiro atoms. The number of benzene rings is 1. The zero-order valence-electron chi connectivity index (χ0n) is 49.1. The first-order chi connectivity index (χ1) is 38.0. The molecule has 0 heterocycles. The van der Waals surface area contributed by atoms with Gasteiger partial charge in [-0.2, -0.15) is 0 Å². The number of rotatable bonds is 39. The number of phenolic OH excluding ortho intramolecular Hbond substituents is 1. The van der Waals surface area contributed by atoms with Crippen molar-refractivity contribution >= 4 is 65.1 Å². The molecule has 1 rings (SSSR count). The van der Waals surface area contributed by atoms with Crippen LogP contribution in [0.1, 0.15) is 145 Å². The molecule has 0 radical (unpaired) electrons. The molecule has 12 atom stereocenters. The fourth-order valence-electron chi connectivity index (χ4n) is 8.35. The Balaban J connectivity index is 3.61. The van der Waals surface area contributed by atoms with Crippen molar-refractivity contribution < 1.29 is 58.2 Å². The normalized spacial score (nSPS) is 15.7. The zero-order chi connectivity index (χ0) is 61.7. The lowest BCUT2D eigenvalue weighted by molar-refractivity contribution is -0.142. The number of primary amides is 1. The fraction of sp³-hybridized carbons (Fsp3) is 0.691. The molecule has 0 aliphatic carbocycles. The van der Waals surface area contributed by atoms with Gasteiger partial charge in [-0.05, 0) is 98.8 Å². The van der Waals surface area contributed by atoms with Gasteiger partial charge in [0.05, 0.1) is 6.04 Å². The third kappa shape index (κ3) is 26.4. The van der Waals surface area contributed by atoms with Gasteiger partial charge in [0.1, 0.15) is 54.1 Å². The second-order valence-electron chi connectivity index (χ2n) is 21.8. The van der Waals surface area contributed by atoms with Gasteiger partial charge in [0.15, 0.2) is 5.96 Å². The van der Waals surface area contributed by atoms with Gasteiger partial charge < -0.3 is 81.4 Å². The van der Waals surface area contributed by atoms with Crippen LogP contribution in [0.15, 0.2) is 29.3 Å². The molecule has 0 saturated carbocycles. The van der Waals surface area contributed by atoms with Crippen LogP contribution in [0, 0.1) is 29.6 Å². The maximum atomic E-state index is 14.5. The molecule has 9 amide bonds. The number of carbonyl (C=O) groups excluding carboxylic acids is 9. The van der Waals surface area contributed by atoms with Crippen molar-refractivity contribution in [2.24, 2.45) is 63.3 Å². The average Bonchev–Trinajstić information content (AvgIpc) is 3.44. The van der Waals surface area contributed by atoms with Crippen molar-refractivity contribution in [2.45, 2.75) is 201 Å². The van der Waals surface area contributed by atoms with Crippen LogP contribution >= 0.6 is 0 Å². The lowest BCUT2D eigenvalue weighted by Gasteiger charge is -2.32.